The predicted molar refractivity (Wildman–Crippen MR) is 111 cm³/mol. The normalized spacial score (nSPS) is 16.5. The first-order valence-electron chi connectivity index (χ1n) is 8.87. The number of rotatable bonds is 1. The van der Waals surface area contributed by atoms with E-state index in [9.17, 15) is 10.1 Å². The van der Waals surface area contributed by atoms with Crippen molar-refractivity contribution in [1.29, 1.82) is 5.26 Å². The highest BCUT2D eigenvalue weighted by atomic mass is 79.9. The molecule has 7 heteroatoms. The lowest BCUT2D eigenvalue weighted by molar-refractivity contribution is 0.0989. The molecule has 0 bridgehead atoms. The molecule has 1 atom stereocenters. The number of halogens is 2. The zero-order valence-electron chi connectivity index (χ0n) is 15.1. The molecule has 5 nitrogen and oxygen atoms in total. The fraction of sp³-hybridized carbons (Fsp3) is 0.190. The minimum atomic E-state index is -0.308. The van der Waals surface area contributed by atoms with Gasteiger partial charge in [-0.25, -0.2) is 4.98 Å². The van der Waals surface area contributed by atoms with Crippen molar-refractivity contribution in [2.24, 2.45) is 0 Å². The molecule has 0 radical (unpaired) electrons. The van der Waals surface area contributed by atoms with Crippen molar-refractivity contribution in [3.05, 3.63) is 68.7 Å². The second-order valence-electron chi connectivity index (χ2n) is 7.23. The van der Waals surface area contributed by atoms with Crippen LogP contribution in [-0.2, 0) is 0 Å². The minimum Gasteiger partial charge on any atom is -0.317 e. The maximum absolute atomic E-state index is 13.4. The Labute approximate surface area is 175 Å². The van der Waals surface area contributed by atoms with Gasteiger partial charge in [0.15, 0.2) is 10.4 Å². The molecule has 0 fully saturated rings. The largest absolute Gasteiger partial charge is 0.317 e. The lowest BCUT2D eigenvalue weighted by atomic mass is 9.87. The molecule has 0 aliphatic carbocycles. The van der Waals surface area contributed by atoms with Gasteiger partial charge in [0, 0.05) is 16.6 Å². The summed E-state index contributed by atoms with van der Waals surface area (Å²) >= 11 is 9.78. The van der Waals surface area contributed by atoms with Crippen LogP contribution >= 0.6 is 27.5 Å². The molecule has 3 heterocycles. The van der Waals surface area contributed by atoms with Gasteiger partial charge in [-0.15, -0.1) is 0 Å². The first kappa shape index (κ1) is 17.5. The summed E-state index contributed by atoms with van der Waals surface area (Å²) in [6.07, 6.45) is 0. The molecule has 2 aliphatic rings. The van der Waals surface area contributed by atoms with E-state index in [4.69, 9.17) is 11.6 Å². The van der Waals surface area contributed by atoms with Gasteiger partial charge < -0.3 is 4.57 Å². The van der Waals surface area contributed by atoms with E-state index in [-0.39, 0.29) is 18.0 Å². The highest BCUT2D eigenvalue weighted by Crippen LogP contribution is 2.53. The van der Waals surface area contributed by atoms with E-state index in [1.165, 1.54) is 0 Å². The molecule has 3 aromatic rings. The van der Waals surface area contributed by atoms with Crippen LogP contribution in [0.2, 0.25) is 5.02 Å². The van der Waals surface area contributed by atoms with Crippen LogP contribution < -0.4 is 4.90 Å². The Balaban J connectivity index is 1.88. The number of amides is 1. The van der Waals surface area contributed by atoms with Gasteiger partial charge in [-0.05, 0) is 65.2 Å². The summed E-state index contributed by atoms with van der Waals surface area (Å²) in [6, 6.07) is 13.2. The summed E-state index contributed by atoms with van der Waals surface area (Å²) in [5.74, 6) is -0.140. The fourth-order valence-corrected chi connectivity index (χ4v) is 5.19. The number of nitrogens with zero attached hydrogens (tertiary/aromatic N) is 4. The smallest absolute Gasteiger partial charge is 0.279 e. The van der Waals surface area contributed by atoms with Crippen LogP contribution in [0.1, 0.15) is 53.2 Å². The summed E-state index contributed by atoms with van der Waals surface area (Å²) in [4.78, 5) is 19.7. The third-order valence-electron chi connectivity index (χ3n) is 5.35. The molecule has 1 aromatic heterocycles. The van der Waals surface area contributed by atoms with Crippen molar-refractivity contribution >= 4 is 39.1 Å². The van der Waals surface area contributed by atoms with E-state index in [0.717, 1.165) is 28.1 Å². The summed E-state index contributed by atoms with van der Waals surface area (Å²) in [7, 11) is 0. The first-order valence-corrected chi connectivity index (χ1v) is 10.0. The predicted octanol–water partition coefficient (Wildman–Crippen LogP) is 5.48. The maximum Gasteiger partial charge on any atom is 0.279 e. The highest BCUT2D eigenvalue weighted by Gasteiger charge is 2.47. The molecule has 0 N–H and O–H groups in total. The van der Waals surface area contributed by atoms with Crippen molar-refractivity contribution in [2.45, 2.75) is 25.9 Å². The number of carbonyl (C=O) groups excluding carboxylic acids is 1. The lowest BCUT2D eigenvalue weighted by Gasteiger charge is -2.35. The number of hydrogen-bond donors (Lipinski definition) is 0. The zero-order valence-corrected chi connectivity index (χ0v) is 17.4. The quantitative estimate of drug-likeness (QED) is 0.490. The Kier molecular flexibility index (Phi) is 3.71. The Bertz CT molecular complexity index is 1220. The van der Waals surface area contributed by atoms with E-state index in [2.05, 4.69) is 45.4 Å². The van der Waals surface area contributed by atoms with E-state index >= 15 is 0 Å². The molecule has 1 amide bonds. The first-order chi connectivity index (χ1) is 13.4. The van der Waals surface area contributed by atoms with Crippen molar-refractivity contribution < 1.29 is 4.79 Å². The molecule has 28 heavy (non-hydrogen) atoms. The van der Waals surface area contributed by atoms with Crippen LogP contribution in [0, 0.1) is 11.3 Å². The van der Waals surface area contributed by atoms with E-state index in [0.29, 0.717) is 21.0 Å². The highest BCUT2D eigenvalue weighted by molar-refractivity contribution is 9.10. The van der Waals surface area contributed by atoms with Crippen LogP contribution in [0.4, 0.5) is 5.69 Å². The van der Waals surface area contributed by atoms with Crippen molar-refractivity contribution in [2.75, 3.05) is 4.90 Å². The Morgan fingerprint density at radius 3 is 2.71 bits per heavy atom. The molecule has 0 saturated carbocycles. The van der Waals surface area contributed by atoms with Crippen LogP contribution in [0.25, 0.3) is 11.1 Å². The molecule has 2 aromatic carbocycles. The van der Waals surface area contributed by atoms with Gasteiger partial charge >= 0.3 is 0 Å². The van der Waals surface area contributed by atoms with Gasteiger partial charge in [-0.3, -0.25) is 9.69 Å². The minimum absolute atomic E-state index is 0.126. The molecule has 2 aliphatic heterocycles. The SMILES string of the molecule is CC(C)n1c(Br)nc2c1C1c3ccc(C#N)cc3-c3ccc(Cl)cc3N1C2=O. The summed E-state index contributed by atoms with van der Waals surface area (Å²) in [5, 5.41) is 9.94. The topological polar surface area (TPSA) is 61.9 Å². The van der Waals surface area contributed by atoms with Gasteiger partial charge in [0.1, 0.15) is 6.04 Å². The summed E-state index contributed by atoms with van der Waals surface area (Å²) < 4.78 is 2.70. The van der Waals surface area contributed by atoms with Crippen molar-refractivity contribution in [3.63, 3.8) is 0 Å². The maximum atomic E-state index is 13.4. The van der Waals surface area contributed by atoms with Crippen molar-refractivity contribution in [1.82, 2.24) is 9.55 Å². The Morgan fingerprint density at radius 2 is 2.00 bits per heavy atom. The van der Waals surface area contributed by atoms with Crippen LogP contribution in [0.5, 0.6) is 0 Å². The molecule has 1 unspecified atom stereocenters. The average molecular weight is 454 g/mol. The molecule has 138 valence electrons. The molecular formula is C21H14BrClN4O. The van der Waals surface area contributed by atoms with Gasteiger partial charge in [0.2, 0.25) is 0 Å². The number of carbonyl (C=O) groups is 1. The number of benzene rings is 2. The second kappa shape index (κ2) is 5.94. The number of hydrogen-bond acceptors (Lipinski definition) is 3. The third kappa shape index (κ3) is 2.17. The number of fused-ring (bicyclic) bond motifs is 8. The Hall–Kier alpha value is -2.62. The van der Waals surface area contributed by atoms with Gasteiger partial charge in [-0.2, -0.15) is 5.26 Å². The van der Waals surface area contributed by atoms with Gasteiger partial charge in [0.25, 0.3) is 5.91 Å². The molecule has 5 rings (SSSR count). The van der Waals surface area contributed by atoms with E-state index in [1.807, 2.05) is 24.3 Å². The Morgan fingerprint density at radius 1 is 1.21 bits per heavy atom. The summed E-state index contributed by atoms with van der Waals surface area (Å²) in [5.41, 5.74) is 5.46. The van der Waals surface area contributed by atoms with Crippen LogP contribution in [0.3, 0.4) is 0 Å². The molecule has 0 spiro atoms. The monoisotopic (exact) mass is 452 g/mol. The van der Waals surface area contributed by atoms with Gasteiger partial charge in [0.05, 0.1) is 23.0 Å². The van der Waals surface area contributed by atoms with E-state index in [1.54, 1.807) is 17.0 Å². The number of aromatic nitrogens is 2. The number of nitriles is 1. The fourth-order valence-electron chi connectivity index (χ4n) is 4.24. The summed E-state index contributed by atoms with van der Waals surface area (Å²) in [6.45, 7) is 4.13. The van der Waals surface area contributed by atoms with Gasteiger partial charge in [-0.1, -0.05) is 23.7 Å². The molecular weight excluding hydrogens is 440 g/mol. The third-order valence-corrected chi connectivity index (χ3v) is 6.14. The lowest BCUT2D eigenvalue weighted by Crippen LogP contribution is -2.33. The van der Waals surface area contributed by atoms with E-state index < -0.39 is 0 Å². The standard InChI is InChI=1S/C21H14BrClN4O/c1-10(2)26-19-17(25-21(26)22)20(28)27-16-8-12(23)4-6-13(16)15-7-11(9-24)3-5-14(15)18(19)27/h3-8,10,18H,1-2H3. The number of anilines is 1. The average Bonchev–Trinajstić information content (AvgIpc) is 3.15. The number of imidazole rings is 1. The second-order valence-corrected chi connectivity index (χ2v) is 8.38. The zero-order chi connectivity index (χ0) is 19.7. The molecule has 0 saturated heterocycles. The van der Waals surface area contributed by atoms with Crippen LogP contribution in [0.15, 0.2) is 41.1 Å². The van der Waals surface area contributed by atoms with Crippen molar-refractivity contribution in [3.8, 4) is 17.2 Å². The van der Waals surface area contributed by atoms with Crippen LogP contribution in [-0.4, -0.2) is 15.5 Å².